The van der Waals surface area contributed by atoms with E-state index in [1.165, 1.54) is 0 Å². The van der Waals surface area contributed by atoms with Crippen molar-refractivity contribution in [3.63, 3.8) is 0 Å². The van der Waals surface area contributed by atoms with Crippen molar-refractivity contribution in [3.05, 3.63) is 29.3 Å². The highest BCUT2D eigenvalue weighted by atomic mass is 35.5. The van der Waals surface area contributed by atoms with Gasteiger partial charge in [-0.15, -0.1) is 11.6 Å². The van der Waals surface area contributed by atoms with Gasteiger partial charge in [-0.3, -0.25) is 9.52 Å². The number of amides is 1. The highest BCUT2D eigenvalue weighted by Crippen LogP contribution is 2.26. The van der Waals surface area contributed by atoms with E-state index in [1.54, 1.807) is 0 Å². The summed E-state index contributed by atoms with van der Waals surface area (Å²) in [6, 6.07) is 5.63. The number of sulfonamides is 1. The van der Waals surface area contributed by atoms with Gasteiger partial charge in [-0.25, -0.2) is 8.42 Å². The lowest BCUT2D eigenvalue weighted by Gasteiger charge is -2.06. The number of halogens is 1. The predicted molar refractivity (Wildman–Crippen MR) is 72.0 cm³/mol. The monoisotopic (exact) mass is 303 g/mol. The Morgan fingerprint density at radius 3 is 2.95 bits per heavy atom. The second-order valence-corrected chi connectivity index (χ2v) is 6.38. The van der Waals surface area contributed by atoms with Crippen molar-refractivity contribution in [3.8, 4) is 5.75 Å². The molecule has 0 fully saturated rings. The standard InChI is InChI=1S/C12H14ClNO4S/c13-8-12(15)14-19(16,17)6-4-9-1-2-11-10(7-9)3-5-18-11/h1-2,7H,3-6,8H2,(H,14,15). The number of fused-ring (bicyclic) bond motifs is 1. The van der Waals surface area contributed by atoms with Gasteiger partial charge in [0.25, 0.3) is 0 Å². The number of hydrogen-bond donors (Lipinski definition) is 1. The second-order valence-electron chi connectivity index (χ2n) is 4.27. The van der Waals surface area contributed by atoms with Crippen molar-refractivity contribution >= 4 is 27.5 Å². The zero-order valence-electron chi connectivity index (χ0n) is 10.2. The number of benzene rings is 1. The maximum absolute atomic E-state index is 11.6. The Hall–Kier alpha value is -1.27. The third-order valence-electron chi connectivity index (χ3n) is 2.80. The Morgan fingerprint density at radius 2 is 2.21 bits per heavy atom. The number of carbonyl (C=O) groups is 1. The van der Waals surface area contributed by atoms with Gasteiger partial charge in [-0.05, 0) is 23.6 Å². The summed E-state index contributed by atoms with van der Waals surface area (Å²) < 4.78 is 30.5. The molecule has 7 heteroatoms. The molecule has 0 saturated heterocycles. The van der Waals surface area contributed by atoms with Gasteiger partial charge >= 0.3 is 0 Å². The van der Waals surface area contributed by atoms with E-state index in [4.69, 9.17) is 16.3 Å². The SMILES string of the molecule is O=C(CCl)NS(=O)(=O)CCc1ccc2c(c1)CCO2. The molecule has 1 aliphatic heterocycles. The molecule has 1 aromatic carbocycles. The lowest BCUT2D eigenvalue weighted by molar-refractivity contribution is -0.116. The number of hydrogen-bond acceptors (Lipinski definition) is 4. The first kappa shape index (κ1) is 14.1. The Kier molecular flexibility index (Phi) is 4.31. The Bertz CT molecular complexity index is 585. The van der Waals surface area contributed by atoms with Crippen LogP contribution in [0.4, 0.5) is 0 Å². The molecular formula is C12H14ClNO4S. The summed E-state index contributed by atoms with van der Waals surface area (Å²) in [5, 5.41) is 0. The lowest BCUT2D eigenvalue weighted by Crippen LogP contribution is -2.33. The van der Waals surface area contributed by atoms with Crippen LogP contribution < -0.4 is 9.46 Å². The van der Waals surface area contributed by atoms with Gasteiger partial charge in [0.15, 0.2) is 0 Å². The van der Waals surface area contributed by atoms with Gasteiger partial charge in [0.2, 0.25) is 15.9 Å². The number of carbonyl (C=O) groups excluding carboxylic acids is 1. The number of ether oxygens (including phenoxy) is 1. The van der Waals surface area contributed by atoms with E-state index in [0.717, 1.165) is 23.3 Å². The molecule has 1 N–H and O–H groups in total. The van der Waals surface area contributed by atoms with Crippen LogP contribution in [-0.4, -0.2) is 32.6 Å². The molecule has 0 saturated carbocycles. The van der Waals surface area contributed by atoms with Gasteiger partial charge in [0, 0.05) is 6.42 Å². The summed E-state index contributed by atoms with van der Waals surface area (Å²) >= 11 is 5.25. The summed E-state index contributed by atoms with van der Waals surface area (Å²) in [4.78, 5) is 11.0. The minimum Gasteiger partial charge on any atom is -0.493 e. The van der Waals surface area contributed by atoms with Crippen LogP contribution in [0.2, 0.25) is 0 Å². The summed E-state index contributed by atoms with van der Waals surface area (Å²) in [5.74, 6) is -0.351. The maximum Gasteiger partial charge on any atom is 0.248 e. The molecule has 104 valence electrons. The molecule has 0 aliphatic carbocycles. The quantitative estimate of drug-likeness (QED) is 0.819. The molecule has 19 heavy (non-hydrogen) atoms. The van der Waals surface area contributed by atoms with Crippen LogP contribution in [0.15, 0.2) is 18.2 Å². The first-order valence-electron chi connectivity index (χ1n) is 5.84. The van der Waals surface area contributed by atoms with E-state index in [9.17, 15) is 13.2 Å². The molecule has 2 rings (SSSR count). The molecule has 1 heterocycles. The third-order valence-corrected chi connectivity index (χ3v) is 4.33. The van der Waals surface area contributed by atoms with Crippen LogP contribution in [0.1, 0.15) is 11.1 Å². The lowest BCUT2D eigenvalue weighted by atomic mass is 10.1. The minimum atomic E-state index is -3.62. The van der Waals surface area contributed by atoms with E-state index < -0.39 is 15.9 Å². The van der Waals surface area contributed by atoms with E-state index in [0.29, 0.717) is 13.0 Å². The highest BCUT2D eigenvalue weighted by molar-refractivity contribution is 7.90. The van der Waals surface area contributed by atoms with Gasteiger partial charge in [-0.1, -0.05) is 12.1 Å². The molecule has 0 aromatic heterocycles. The Morgan fingerprint density at radius 1 is 1.42 bits per heavy atom. The zero-order chi connectivity index (χ0) is 13.9. The summed E-state index contributed by atoms with van der Waals surface area (Å²) in [7, 11) is -3.62. The van der Waals surface area contributed by atoms with E-state index in [2.05, 4.69) is 0 Å². The van der Waals surface area contributed by atoms with Crippen LogP contribution in [0.25, 0.3) is 0 Å². The smallest absolute Gasteiger partial charge is 0.248 e. The molecule has 0 radical (unpaired) electrons. The molecule has 5 nitrogen and oxygen atoms in total. The fourth-order valence-corrected chi connectivity index (χ4v) is 3.07. The molecule has 1 amide bonds. The topological polar surface area (TPSA) is 72.5 Å². The molecule has 0 atom stereocenters. The first-order chi connectivity index (χ1) is 9.00. The Labute approximate surface area is 117 Å². The largest absolute Gasteiger partial charge is 0.493 e. The van der Waals surface area contributed by atoms with Crippen molar-refractivity contribution in [2.75, 3.05) is 18.2 Å². The Balaban J connectivity index is 1.97. The zero-order valence-corrected chi connectivity index (χ0v) is 11.8. The van der Waals surface area contributed by atoms with Gasteiger partial charge in [-0.2, -0.15) is 0 Å². The second kappa shape index (κ2) is 5.79. The molecule has 0 bridgehead atoms. The summed E-state index contributed by atoms with van der Waals surface area (Å²) in [6.45, 7) is 0.670. The summed E-state index contributed by atoms with van der Waals surface area (Å²) in [5.41, 5.74) is 2.01. The van der Waals surface area contributed by atoms with Crippen molar-refractivity contribution in [1.82, 2.24) is 4.72 Å². The van der Waals surface area contributed by atoms with Crippen molar-refractivity contribution in [2.24, 2.45) is 0 Å². The molecular weight excluding hydrogens is 290 g/mol. The number of rotatable bonds is 5. The predicted octanol–water partition coefficient (Wildman–Crippen LogP) is 0.849. The summed E-state index contributed by atoms with van der Waals surface area (Å²) in [6.07, 6.45) is 1.19. The molecule has 0 spiro atoms. The molecule has 0 unspecified atom stereocenters. The fourth-order valence-electron chi connectivity index (χ4n) is 1.90. The molecule has 1 aliphatic rings. The van der Waals surface area contributed by atoms with Crippen LogP contribution in [0, 0.1) is 0 Å². The average molecular weight is 304 g/mol. The minimum absolute atomic E-state index is 0.144. The highest BCUT2D eigenvalue weighted by Gasteiger charge is 2.16. The van der Waals surface area contributed by atoms with Crippen molar-refractivity contribution in [1.29, 1.82) is 0 Å². The van der Waals surface area contributed by atoms with Crippen LogP contribution in [-0.2, 0) is 27.7 Å². The van der Waals surface area contributed by atoms with Gasteiger partial charge < -0.3 is 4.74 Å². The molecule has 1 aromatic rings. The number of aryl methyl sites for hydroxylation is 1. The maximum atomic E-state index is 11.6. The van der Waals surface area contributed by atoms with Crippen LogP contribution in [0.3, 0.4) is 0 Å². The average Bonchev–Trinajstić information content (AvgIpc) is 2.83. The van der Waals surface area contributed by atoms with Crippen LogP contribution in [0.5, 0.6) is 5.75 Å². The van der Waals surface area contributed by atoms with Crippen molar-refractivity contribution in [2.45, 2.75) is 12.8 Å². The fraction of sp³-hybridized carbons (Fsp3) is 0.417. The van der Waals surface area contributed by atoms with E-state index in [-0.39, 0.29) is 11.6 Å². The third kappa shape index (κ3) is 3.84. The number of alkyl halides is 1. The normalized spacial score (nSPS) is 13.7. The van der Waals surface area contributed by atoms with Crippen LogP contribution >= 0.6 is 11.6 Å². The first-order valence-corrected chi connectivity index (χ1v) is 8.03. The van der Waals surface area contributed by atoms with Gasteiger partial charge in [0.1, 0.15) is 11.6 Å². The number of nitrogens with one attached hydrogen (secondary N) is 1. The van der Waals surface area contributed by atoms with E-state index in [1.807, 2.05) is 22.9 Å². The van der Waals surface area contributed by atoms with Crippen molar-refractivity contribution < 1.29 is 17.9 Å². The van der Waals surface area contributed by atoms with Gasteiger partial charge in [0.05, 0.1) is 12.4 Å². The van der Waals surface area contributed by atoms with E-state index >= 15 is 0 Å².